The van der Waals surface area contributed by atoms with Crippen LogP contribution in [0, 0.1) is 12.7 Å². The Morgan fingerprint density at radius 1 is 1.26 bits per heavy atom. The van der Waals surface area contributed by atoms with Crippen LogP contribution < -0.4 is 5.32 Å². The van der Waals surface area contributed by atoms with E-state index < -0.39 is 0 Å². The number of halogens is 1. The Morgan fingerprint density at radius 2 is 2.05 bits per heavy atom. The summed E-state index contributed by atoms with van der Waals surface area (Å²) in [4.78, 5) is 0. The second-order valence-corrected chi connectivity index (χ2v) is 4.77. The number of likely N-dealkylation sites (N-methyl/N-ethyl adjacent to an activating group) is 1. The summed E-state index contributed by atoms with van der Waals surface area (Å²) in [7, 11) is 1.90. The van der Waals surface area contributed by atoms with Crippen molar-refractivity contribution in [2.75, 3.05) is 7.05 Å². The molecule has 2 nitrogen and oxygen atoms in total. The van der Waals surface area contributed by atoms with Crippen LogP contribution in [0.5, 0.6) is 0 Å². The van der Waals surface area contributed by atoms with E-state index in [9.17, 15) is 4.39 Å². The molecule has 0 saturated heterocycles. The molecule has 0 amide bonds. The lowest BCUT2D eigenvalue weighted by Gasteiger charge is -2.15. The van der Waals surface area contributed by atoms with Crippen molar-refractivity contribution in [3.8, 4) is 0 Å². The van der Waals surface area contributed by atoms with E-state index in [1.54, 1.807) is 6.07 Å². The summed E-state index contributed by atoms with van der Waals surface area (Å²) in [5, 5.41) is 3.23. The molecule has 1 aromatic heterocycles. The number of hydrogen-bond acceptors (Lipinski definition) is 2. The Bertz CT molecular complexity index is 547. The van der Waals surface area contributed by atoms with Gasteiger partial charge in [0.15, 0.2) is 0 Å². The molecule has 0 bridgehead atoms. The molecule has 0 aliphatic rings. The van der Waals surface area contributed by atoms with Gasteiger partial charge >= 0.3 is 0 Å². The Hall–Kier alpha value is -1.61. The van der Waals surface area contributed by atoms with Crippen LogP contribution in [0.25, 0.3) is 0 Å². The molecule has 2 aromatic rings. The minimum absolute atomic E-state index is 0.0702. The second-order valence-electron chi connectivity index (χ2n) is 4.77. The van der Waals surface area contributed by atoms with Crippen LogP contribution in [-0.2, 0) is 12.8 Å². The molecule has 102 valence electrons. The lowest BCUT2D eigenvalue weighted by atomic mass is 9.99. The van der Waals surface area contributed by atoms with Crippen molar-refractivity contribution in [3.63, 3.8) is 0 Å². The highest BCUT2D eigenvalue weighted by molar-refractivity contribution is 5.28. The van der Waals surface area contributed by atoms with Crippen molar-refractivity contribution in [3.05, 3.63) is 58.8 Å². The monoisotopic (exact) mass is 261 g/mol. The van der Waals surface area contributed by atoms with Crippen LogP contribution in [0.4, 0.5) is 4.39 Å². The van der Waals surface area contributed by atoms with E-state index in [-0.39, 0.29) is 11.9 Å². The molecule has 0 aliphatic heterocycles. The van der Waals surface area contributed by atoms with Gasteiger partial charge in [0.2, 0.25) is 0 Å². The standard InChI is InChI=1S/C16H20FNO/c1-4-14-7-8-16(19-14)15(18-3)10-12-9-13(17)6-5-11(12)2/h5-9,15,18H,4,10H2,1-3H3. The van der Waals surface area contributed by atoms with Gasteiger partial charge in [-0.3, -0.25) is 0 Å². The van der Waals surface area contributed by atoms with E-state index in [2.05, 4.69) is 12.2 Å². The first kappa shape index (κ1) is 13.8. The number of rotatable bonds is 5. The molecule has 1 heterocycles. The molecule has 1 unspecified atom stereocenters. The molecule has 3 heteroatoms. The molecule has 19 heavy (non-hydrogen) atoms. The van der Waals surface area contributed by atoms with E-state index in [1.165, 1.54) is 6.07 Å². The van der Waals surface area contributed by atoms with Crippen molar-refractivity contribution >= 4 is 0 Å². The van der Waals surface area contributed by atoms with Crippen LogP contribution in [0.2, 0.25) is 0 Å². The van der Waals surface area contributed by atoms with Crippen LogP contribution >= 0.6 is 0 Å². The van der Waals surface area contributed by atoms with Crippen molar-refractivity contribution in [1.82, 2.24) is 5.32 Å². The van der Waals surface area contributed by atoms with E-state index >= 15 is 0 Å². The molecule has 0 saturated carbocycles. The fraction of sp³-hybridized carbons (Fsp3) is 0.375. The quantitative estimate of drug-likeness (QED) is 0.885. The fourth-order valence-electron chi connectivity index (χ4n) is 2.20. The Kier molecular flexibility index (Phi) is 4.38. The molecule has 0 fully saturated rings. The first-order chi connectivity index (χ1) is 9.13. The molecular formula is C16H20FNO. The maximum Gasteiger partial charge on any atom is 0.123 e. The van der Waals surface area contributed by atoms with Crippen molar-refractivity contribution in [1.29, 1.82) is 0 Å². The Balaban J connectivity index is 2.21. The lowest BCUT2D eigenvalue weighted by molar-refractivity contribution is 0.406. The zero-order chi connectivity index (χ0) is 13.8. The summed E-state index contributed by atoms with van der Waals surface area (Å²) in [6.07, 6.45) is 1.60. The van der Waals surface area contributed by atoms with Crippen molar-refractivity contribution in [2.24, 2.45) is 0 Å². The molecule has 0 aliphatic carbocycles. The first-order valence-corrected chi connectivity index (χ1v) is 6.65. The summed E-state index contributed by atoms with van der Waals surface area (Å²) < 4.78 is 19.1. The number of nitrogens with one attached hydrogen (secondary N) is 1. The summed E-state index contributed by atoms with van der Waals surface area (Å²) in [5.41, 5.74) is 2.11. The smallest absolute Gasteiger partial charge is 0.123 e. The summed E-state index contributed by atoms with van der Waals surface area (Å²) in [6.45, 7) is 4.06. The molecular weight excluding hydrogens is 241 g/mol. The maximum atomic E-state index is 13.3. The average Bonchev–Trinajstić information content (AvgIpc) is 2.88. The van der Waals surface area contributed by atoms with Crippen molar-refractivity contribution in [2.45, 2.75) is 32.7 Å². The number of furan rings is 1. The van der Waals surface area contributed by atoms with Gasteiger partial charge in [-0.25, -0.2) is 4.39 Å². The average molecular weight is 261 g/mol. The third kappa shape index (κ3) is 3.24. The largest absolute Gasteiger partial charge is 0.464 e. The highest BCUT2D eigenvalue weighted by Crippen LogP contribution is 2.23. The lowest BCUT2D eigenvalue weighted by Crippen LogP contribution is -2.18. The highest BCUT2D eigenvalue weighted by Gasteiger charge is 2.15. The molecule has 2 rings (SSSR count). The zero-order valence-corrected chi connectivity index (χ0v) is 11.7. The minimum atomic E-state index is -0.191. The molecule has 1 aromatic carbocycles. The predicted octanol–water partition coefficient (Wildman–Crippen LogP) is 3.79. The highest BCUT2D eigenvalue weighted by atomic mass is 19.1. The third-order valence-electron chi connectivity index (χ3n) is 3.46. The van der Waals surface area contributed by atoms with Gasteiger partial charge in [-0.1, -0.05) is 13.0 Å². The Morgan fingerprint density at radius 3 is 2.68 bits per heavy atom. The van der Waals surface area contributed by atoms with Gasteiger partial charge in [0.25, 0.3) is 0 Å². The fourth-order valence-corrected chi connectivity index (χ4v) is 2.20. The second kappa shape index (κ2) is 6.02. The molecule has 0 spiro atoms. The third-order valence-corrected chi connectivity index (χ3v) is 3.46. The van der Waals surface area contributed by atoms with Crippen LogP contribution in [-0.4, -0.2) is 7.05 Å². The Labute approximate surface area is 113 Å². The first-order valence-electron chi connectivity index (χ1n) is 6.65. The molecule has 0 radical (unpaired) electrons. The minimum Gasteiger partial charge on any atom is -0.464 e. The molecule has 1 N–H and O–H groups in total. The van der Waals surface area contributed by atoms with Crippen LogP contribution in [0.15, 0.2) is 34.7 Å². The van der Waals surface area contributed by atoms with E-state index in [0.717, 1.165) is 35.5 Å². The predicted molar refractivity (Wildman–Crippen MR) is 74.7 cm³/mol. The SMILES string of the molecule is CCc1ccc(C(Cc2cc(F)ccc2C)NC)o1. The number of hydrogen-bond donors (Lipinski definition) is 1. The normalized spacial score (nSPS) is 12.6. The van der Waals surface area contributed by atoms with Gasteiger partial charge in [-0.05, 0) is 55.8 Å². The van der Waals surface area contributed by atoms with Gasteiger partial charge in [0, 0.05) is 6.42 Å². The van der Waals surface area contributed by atoms with Crippen LogP contribution in [0.1, 0.15) is 35.6 Å². The van der Waals surface area contributed by atoms with Gasteiger partial charge in [0.05, 0.1) is 6.04 Å². The van der Waals surface area contributed by atoms with E-state index in [4.69, 9.17) is 4.42 Å². The van der Waals surface area contributed by atoms with Crippen LogP contribution in [0.3, 0.4) is 0 Å². The van der Waals surface area contributed by atoms with Gasteiger partial charge in [-0.2, -0.15) is 0 Å². The van der Waals surface area contributed by atoms with Gasteiger partial charge in [0.1, 0.15) is 17.3 Å². The van der Waals surface area contributed by atoms with Gasteiger partial charge in [-0.15, -0.1) is 0 Å². The summed E-state index contributed by atoms with van der Waals surface area (Å²) >= 11 is 0. The summed E-state index contributed by atoms with van der Waals surface area (Å²) in [6, 6.07) is 8.98. The zero-order valence-electron chi connectivity index (χ0n) is 11.7. The van der Waals surface area contributed by atoms with E-state index in [0.29, 0.717) is 0 Å². The maximum absolute atomic E-state index is 13.3. The summed E-state index contributed by atoms with van der Waals surface area (Å²) in [5.74, 6) is 1.69. The number of aryl methyl sites for hydroxylation is 2. The van der Waals surface area contributed by atoms with E-state index in [1.807, 2.05) is 32.2 Å². The molecule has 1 atom stereocenters. The van der Waals surface area contributed by atoms with Crippen molar-refractivity contribution < 1.29 is 8.81 Å². The topological polar surface area (TPSA) is 25.2 Å². The van der Waals surface area contributed by atoms with Gasteiger partial charge < -0.3 is 9.73 Å². The number of benzene rings is 1.